The summed E-state index contributed by atoms with van der Waals surface area (Å²) >= 11 is 0. The topological polar surface area (TPSA) is 122 Å². The first-order valence-electron chi connectivity index (χ1n) is 8.46. The molecule has 0 bridgehead atoms. The number of hydrogen-bond acceptors (Lipinski definition) is 6. The van der Waals surface area contributed by atoms with E-state index in [1.807, 2.05) is 11.4 Å². The molecule has 2 N–H and O–H groups in total. The van der Waals surface area contributed by atoms with Gasteiger partial charge in [-0.05, 0) is 25.0 Å². The summed E-state index contributed by atoms with van der Waals surface area (Å²) in [5.41, 5.74) is 1.66. The predicted molar refractivity (Wildman–Crippen MR) is 97.1 cm³/mol. The lowest BCUT2D eigenvalue weighted by Gasteiger charge is -2.33. The van der Waals surface area contributed by atoms with Crippen LogP contribution in [0.3, 0.4) is 0 Å². The second kappa shape index (κ2) is 8.49. The van der Waals surface area contributed by atoms with Crippen LogP contribution in [0.1, 0.15) is 25.0 Å². The minimum Gasteiger partial charge on any atom is -0.451 e. The molecule has 0 radical (unpaired) electrons. The van der Waals surface area contributed by atoms with Gasteiger partial charge in [-0.1, -0.05) is 24.3 Å². The second-order valence-corrected chi connectivity index (χ2v) is 8.16. The average molecular weight is 397 g/mol. The molecule has 2 rings (SSSR count). The number of benzene rings is 1. The van der Waals surface area contributed by atoms with Gasteiger partial charge >= 0.3 is 12.0 Å². The molecule has 2 atom stereocenters. The molecular weight excluding hydrogens is 374 g/mol. The van der Waals surface area contributed by atoms with Gasteiger partial charge in [-0.15, -0.1) is 0 Å². The molecule has 27 heavy (non-hydrogen) atoms. The van der Waals surface area contributed by atoms with Crippen molar-refractivity contribution in [1.82, 2.24) is 14.9 Å². The number of imide groups is 1. The van der Waals surface area contributed by atoms with Gasteiger partial charge in [0.15, 0.2) is 6.10 Å². The molecule has 1 heterocycles. The van der Waals surface area contributed by atoms with Crippen LogP contribution < -0.4 is 10.6 Å². The third kappa shape index (κ3) is 5.27. The third-order valence-electron chi connectivity index (χ3n) is 4.14. The molecule has 0 spiro atoms. The molecular formula is C17H23N3O6S. The average Bonchev–Trinajstić information content (AvgIpc) is 2.59. The zero-order valence-corrected chi connectivity index (χ0v) is 16.2. The van der Waals surface area contributed by atoms with Gasteiger partial charge in [0.1, 0.15) is 6.04 Å². The largest absolute Gasteiger partial charge is 0.451 e. The number of sulfonamides is 1. The molecule has 1 aromatic carbocycles. The number of ether oxygens (including phenoxy) is 1. The molecule has 148 valence electrons. The fourth-order valence-electron chi connectivity index (χ4n) is 2.77. The standard InChI is InChI=1S/C17H23N3O6S/c1-4-18-17(23)19-15(21)11(2)26-16(22)14-9-12-7-5-6-8-13(12)10-20(14)27(3,24)25/h5-8,11,14H,4,9-10H2,1-3H3,(H2,18,19,21,23)/t11-,14+/m1/s1. The van der Waals surface area contributed by atoms with Crippen LogP contribution in [-0.2, 0) is 37.3 Å². The fraction of sp³-hybridized carbons (Fsp3) is 0.471. The number of fused-ring (bicyclic) bond motifs is 1. The summed E-state index contributed by atoms with van der Waals surface area (Å²) in [5.74, 6) is -1.63. The van der Waals surface area contributed by atoms with E-state index >= 15 is 0 Å². The van der Waals surface area contributed by atoms with E-state index in [0.29, 0.717) is 6.54 Å². The summed E-state index contributed by atoms with van der Waals surface area (Å²) in [6, 6.07) is 5.45. The Balaban J connectivity index is 2.13. The number of rotatable bonds is 5. The quantitative estimate of drug-likeness (QED) is 0.682. The molecule has 3 amide bonds. The lowest BCUT2D eigenvalue weighted by Crippen LogP contribution is -2.51. The molecule has 10 heteroatoms. The van der Waals surface area contributed by atoms with Gasteiger partial charge < -0.3 is 10.1 Å². The summed E-state index contributed by atoms with van der Waals surface area (Å²) in [6.45, 7) is 3.38. The number of urea groups is 1. The van der Waals surface area contributed by atoms with E-state index in [0.717, 1.165) is 21.7 Å². The van der Waals surface area contributed by atoms with Crippen LogP contribution >= 0.6 is 0 Å². The highest BCUT2D eigenvalue weighted by Gasteiger charge is 2.39. The van der Waals surface area contributed by atoms with E-state index in [4.69, 9.17) is 4.74 Å². The molecule has 0 saturated carbocycles. The number of nitrogens with one attached hydrogen (secondary N) is 2. The molecule has 9 nitrogen and oxygen atoms in total. The Bertz CT molecular complexity index is 839. The Labute approximate surface area is 158 Å². The van der Waals surface area contributed by atoms with Crippen LogP contribution in [-0.4, -0.2) is 55.6 Å². The van der Waals surface area contributed by atoms with Crippen LogP contribution in [0.5, 0.6) is 0 Å². The van der Waals surface area contributed by atoms with Crippen molar-refractivity contribution >= 4 is 27.9 Å². The van der Waals surface area contributed by atoms with Gasteiger partial charge in [-0.2, -0.15) is 4.31 Å². The molecule has 0 aliphatic carbocycles. The van der Waals surface area contributed by atoms with Gasteiger partial charge in [-0.25, -0.2) is 13.2 Å². The van der Waals surface area contributed by atoms with Crippen LogP contribution in [0.4, 0.5) is 4.79 Å². The Morgan fingerprint density at radius 2 is 1.89 bits per heavy atom. The van der Waals surface area contributed by atoms with Crippen LogP contribution in [0.15, 0.2) is 24.3 Å². The van der Waals surface area contributed by atoms with Gasteiger partial charge in [0.05, 0.1) is 6.26 Å². The van der Waals surface area contributed by atoms with Gasteiger partial charge in [0.2, 0.25) is 10.0 Å². The van der Waals surface area contributed by atoms with Crippen LogP contribution in [0.2, 0.25) is 0 Å². The van der Waals surface area contributed by atoms with Gasteiger partial charge in [0, 0.05) is 19.5 Å². The highest BCUT2D eigenvalue weighted by Crippen LogP contribution is 2.26. The Morgan fingerprint density at radius 3 is 2.48 bits per heavy atom. The smallest absolute Gasteiger partial charge is 0.325 e. The Hall–Kier alpha value is -2.46. The molecule has 1 aliphatic rings. The number of nitrogens with zero attached hydrogens (tertiary/aromatic N) is 1. The SMILES string of the molecule is CCNC(=O)NC(=O)[C@@H](C)OC(=O)[C@@H]1Cc2ccccc2CN1S(C)(=O)=O. The lowest BCUT2D eigenvalue weighted by molar-refractivity contribution is -0.158. The molecule has 0 aromatic heterocycles. The molecule has 1 aliphatic heterocycles. The lowest BCUT2D eigenvalue weighted by atomic mass is 9.96. The van der Waals surface area contributed by atoms with Crippen molar-refractivity contribution in [2.45, 2.75) is 39.0 Å². The number of carbonyl (C=O) groups is 3. The maximum atomic E-state index is 12.6. The van der Waals surface area contributed by atoms with Crippen molar-refractivity contribution in [3.05, 3.63) is 35.4 Å². The number of amides is 3. The van der Waals surface area contributed by atoms with E-state index in [2.05, 4.69) is 5.32 Å². The van der Waals surface area contributed by atoms with E-state index < -0.39 is 40.1 Å². The van der Waals surface area contributed by atoms with Gasteiger partial charge in [0.25, 0.3) is 5.91 Å². The molecule has 0 unspecified atom stereocenters. The Morgan fingerprint density at radius 1 is 1.26 bits per heavy atom. The van der Waals surface area contributed by atoms with Crippen molar-refractivity contribution in [3.8, 4) is 0 Å². The van der Waals surface area contributed by atoms with Crippen LogP contribution in [0.25, 0.3) is 0 Å². The zero-order chi connectivity index (χ0) is 20.2. The minimum atomic E-state index is -3.68. The maximum absolute atomic E-state index is 12.6. The molecule has 0 saturated heterocycles. The fourth-order valence-corrected chi connectivity index (χ4v) is 3.77. The van der Waals surface area contributed by atoms with E-state index in [9.17, 15) is 22.8 Å². The predicted octanol–water partition coefficient (Wildman–Crippen LogP) is 0.150. The summed E-state index contributed by atoms with van der Waals surface area (Å²) < 4.78 is 30.5. The van der Waals surface area contributed by atoms with Crippen molar-refractivity contribution in [3.63, 3.8) is 0 Å². The first-order valence-corrected chi connectivity index (χ1v) is 10.3. The zero-order valence-electron chi connectivity index (χ0n) is 15.4. The van der Waals surface area contributed by atoms with Crippen molar-refractivity contribution in [1.29, 1.82) is 0 Å². The van der Waals surface area contributed by atoms with Crippen LogP contribution in [0, 0.1) is 0 Å². The van der Waals surface area contributed by atoms with E-state index in [1.54, 1.807) is 25.1 Å². The van der Waals surface area contributed by atoms with E-state index in [-0.39, 0.29) is 13.0 Å². The highest BCUT2D eigenvalue weighted by atomic mass is 32.2. The second-order valence-electron chi connectivity index (χ2n) is 6.22. The molecule has 1 aromatic rings. The number of esters is 1. The minimum absolute atomic E-state index is 0.0499. The molecule has 0 fully saturated rings. The highest BCUT2D eigenvalue weighted by molar-refractivity contribution is 7.88. The Kier molecular flexibility index (Phi) is 6.55. The monoisotopic (exact) mass is 397 g/mol. The third-order valence-corrected chi connectivity index (χ3v) is 5.38. The summed E-state index contributed by atoms with van der Waals surface area (Å²) in [7, 11) is -3.68. The summed E-state index contributed by atoms with van der Waals surface area (Å²) in [4.78, 5) is 35.9. The van der Waals surface area contributed by atoms with Crippen molar-refractivity contribution in [2.75, 3.05) is 12.8 Å². The maximum Gasteiger partial charge on any atom is 0.325 e. The first-order chi connectivity index (χ1) is 12.6. The first kappa shape index (κ1) is 20.8. The normalized spacial score (nSPS) is 18.1. The van der Waals surface area contributed by atoms with Gasteiger partial charge in [-0.3, -0.25) is 14.9 Å². The summed E-state index contributed by atoms with van der Waals surface area (Å²) in [5, 5.41) is 4.43. The van der Waals surface area contributed by atoms with Crippen molar-refractivity contribution < 1.29 is 27.5 Å². The summed E-state index contributed by atoms with van der Waals surface area (Å²) in [6.07, 6.45) is -0.0854. The number of hydrogen-bond donors (Lipinski definition) is 2. The number of carbonyl (C=O) groups excluding carboxylic acids is 3. The van der Waals surface area contributed by atoms with E-state index in [1.165, 1.54) is 6.92 Å². The van der Waals surface area contributed by atoms with Crippen molar-refractivity contribution in [2.24, 2.45) is 0 Å².